The van der Waals surface area contributed by atoms with Crippen molar-refractivity contribution in [3.63, 3.8) is 0 Å². The van der Waals surface area contributed by atoms with Gasteiger partial charge in [-0.1, -0.05) is 12.1 Å². The second-order valence-corrected chi connectivity index (χ2v) is 4.06. The number of hydrogen-bond acceptors (Lipinski definition) is 3. The molecule has 6 nitrogen and oxygen atoms in total. The van der Waals surface area contributed by atoms with Crippen molar-refractivity contribution in [1.29, 1.82) is 0 Å². The van der Waals surface area contributed by atoms with Crippen molar-refractivity contribution in [2.24, 2.45) is 15.7 Å². The molecule has 3 N–H and O–H groups in total. The van der Waals surface area contributed by atoms with Crippen molar-refractivity contribution >= 4 is 17.8 Å². The molecule has 0 bridgehead atoms. The SMILES string of the molecule is CN=C(CNC(=O)OC)N=C(N)c1ccc(C(F)(F)F)cc1. The lowest BCUT2D eigenvalue weighted by atomic mass is 10.1. The lowest BCUT2D eigenvalue weighted by molar-refractivity contribution is -0.137. The van der Waals surface area contributed by atoms with Gasteiger partial charge in [-0.05, 0) is 12.1 Å². The van der Waals surface area contributed by atoms with Crippen molar-refractivity contribution in [2.45, 2.75) is 6.18 Å². The minimum absolute atomic E-state index is 0.0130. The fourth-order valence-corrected chi connectivity index (χ4v) is 1.43. The van der Waals surface area contributed by atoms with Crippen LogP contribution in [0.4, 0.5) is 18.0 Å². The molecule has 0 saturated heterocycles. The van der Waals surface area contributed by atoms with Crippen molar-refractivity contribution in [3.8, 4) is 0 Å². The van der Waals surface area contributed by atoms with Gasteiger partial charge in [0.1, 0.15) is 11.7 Å². The maximum atomic E-state index is 12.5. The van der Waals surface area contributed by atoms with Gasteiger partial charge in [-0.15, -0.1) is 0 Å². The Balaban J connectivity index is 2.84. The van der Waals surface area contributed by atoms with E-state index in [1.54, 1.807) is 0 Å². The van der Waals surface area contributed by atoms with E-state index in [9.17, 15) is 18.0 Å². The zero-order valence-electron chi connectivity index (χ0n) is 11.9. The third kappa shape index (κ3) is 5.08. The number of rotatable bonds is 3. The van der Waals surface area contributed by atoms with E-state index in [0.29, 0.717) is 5.56 Å². The smallest absolute Gasteiger partial charge is 0.416 e. The molecule has 0 spiro atoms. The van der Waals surface area contributed by atoms with Gasteiger partial charge < -0.3 is 15.8 Å². The quantitative estimate of drug-likeness (QED) is 0.658. The Morgan fingerprint density at radius 2 is 1.91 bits per heavy atom. The van der Waals surface area contributed by atoms with Crippen LogP contribution in [0.2, 0.25) is 0 Å². The zero-order chi connectivity index (χ0) is 16.8. The van der Waals surface area contributed by atoms with Crippen molar-refractivity contribution in [1.82, 2.24) is 5.32 Å². The summed E-state index contributed by atoms with van der Waals surface area (Å²) in [6.45, 7) is -0.0233. The van der Waals surface area contributed by atoms with Crippen LogP contribution in [0.15, 0.2) is 34.3 Å². The Hall–Kier alpha value is -2.58. The number of nitrogens with zero attached hydrogens (tertiary/aromatic N) is 2. The lowest BCUT2D eigenvalue weighted by Crippen LogP contribution is -2.30. The van der Waals surface area contributed by atoms with Crippen LogP contribution in [-0.4, -0.2) is 38.5 Å². The van der Waals surface area contributed by atoms with Gasteiger partial charge in [0.15, 0.2) is 0 Å². The molecule has 0 fully saturated rings. The highest BCUT2D eigenvalue weighted by atomic mass is 19.4. The van der Waals surface area contributed by atoms with Crippen molar-refractivity contribution < 1.29 is 22.7 Å². The predicted molar refractivity (Wildman–Crippen MR) is 75.9 cm³/mol. The van der Waals surface area contributed by atoms with Gasteiger partial charge in [0.25, 0.3) is 0 Å². The molecule has 1 rings (SSSR count). The van der Waals surface area contributed by atoms with E-state index in [1.807, 2.05) is 0 Å². The van der Waals surface area contributed by atoms with Crippen molar-refractivity contribution in [2.75, 3.05) is 20.7 Å². The molecule has 0 aliphatic heterocycles. The van der Waals surface area contributed by atoms with Crippen LogP contribution >= 0.6 is 0 Å². The number of amides is 1. The van der Waals surface area contributed by atoms with Crippen LogP contribution in [0.25, 0.3) is 0 Å². The number of carbonyl (C=O) groups excluding carboxylic acids is 1. The number of nitrogens with two attached hydrogens (primary N) is 1. The first-order valence-corrected chi connectivity index (χ1v) is 6.07. The van der Waals surface area contributed by atoms with Crippen molar-refractivity contribution in [3.05, 3.63) is 35.4 Å². The Morgan fingerprint density at radius 3 is 2.36 bits per heavy atom. The summed E-state index contributed by atoms with van der Waals surface area (Å²) in [6.07, 6.45) is -5.07. The number of alkyl carbamates (subject to hydrolysis) is 1. The molecule has 0 aliphatic rings. The number of benzene rings is 1. The third-order valence-corrected chi connectivity index (χ3v) is 2.59. The van der Waals surface area contributed by atoms with E-state index in [0.717, 1.165) is 12.1 Å². The number of halogens is 3. The monoisotopic (exact) mass is 316 g/mol. The van der Waals surface area contributed by atoms with Crippen LogP contribution < -0.4 is 11.1 Å². The van der Waals surface area contributed by atoms with E-state index in [-0.39, 0.29) is 18.2 Å². The molecule has 0 saturated carbocycles. The summed E-state index contributed by atoms with van der Waals surface area (Å²) in [6, 6.07) is 4.24. The molecule has 0 aliphatic carbocycles. The van der Waals surface area contributed by atoms with E-state index in [1.165, 1.54) is 26.3 Å². The first kappa shape index (κ1) is 17.5. The molecule has 9 heteroatoms. The normalized spacial score (nSPS) is 13.0. The molecular formula is C13H15F3N4O2. The molecule has 0 unspecified atom stereocenters. The topological polar surface area (TPSA) is 89.1 Å². The molecule has 120 valence electrons. The minimum atomic E-state index is -4.41. The summed E-state index contributed by atoms with van der Waals surface area (Å²) >= 11 is 0. The molecule has 1 aromatic carbocycles. The summed E-state index contributed by atoms with van der Waals surface area (Å²) in [5, 5.41) is 2.37. The average molecular weight is 316 g/mol. The molecule has 0 aromatic heterocycles. The van der Waals surface area contributed by atoms with Gasteiger partial charge >= 0.3 is 12.3 Å². The zero-order valence-corrected chi connectivity index (χ0v) is 11.9. The van der Waals surface area contributed by atoms with Crippen LogP contribution in [-0.2, 0) is 10.9 Å². The number of alkyl halides is 3. The number of aliphatic imine (C=N–C) groups is 2. The number of amidine groups is 2. The van der Waals surface area contributed by atoms with Crippen LogP contribution in [0, 0.1) is 0 Å². The van der Waals surface area contributed by atoms with Crippen LogP contribution in [0.5, 0.6) is 0 Å². The summed E-state index contributed by atoms with van der Waals surface area (Å²) in [4.78, 5) is 18.7. The van der Waals surface area contributed by atoms with Crippen LogP contribution in [0.1, 0.15) is 11.1 Å². The highest BCUT2D eigenvalue weighted by molar-refractivity contribution is 6.06. The second-order valence-electron chi connectivity index (χ2n) is 4.06. The minimum Gasteiger partial charge on any atom is -0.453 e. The molecule has 22 heavy (non-hydrogen) atoms. The summed E-state index contributed by atoms with van der Waals surface area (Å²) < 4.78 is 41.8. The second kappa shape index (κ2) is 7.43. The number of hydrogen-bond donors (Lipinski definition) is 2. The third-order valence-electron chi connectivity index (χ3n) is 2.59. The van der Waals surface area contributed by atoms with E-state index < -0.39 is 17.8 Å². The van der Waals surface area contributed by atoms with E-state index in [4.69, 9.17) is 5.73 Å². The maximum Gasteiger partial charge on any atom is 0.416 e. The first-order valence-electron chi connectivity index (χ1n) is 6.07. The first-order chi connectivity index (χ1) is 10.3. The lowest BCUT2D eigenvalue weighted by Gasteiger charge is -2.08. The number of methoxy groups -OCH3 is 1. The molecule has 0 atom stereocenters. The summed E-state index contributed by atoms with van der Waals surface area (Å²) in [5.41, 5.74) is 5.25. The standard InChI is InChI=1S/C13H15F3N4O2/c1-18-10(7-19-12(21)22-2)20-11(17)8-3-5-9(6-4-8)13(14,15)16/h3-6H,7H2,1-2H3,(H,19,21)(H2,17,18,20). The summed E-state index contributed by atoms with van der Waals surface area (Å²) in [7, 11) is 2.65. The van der Waals surface area contributed by atoms with Gasteiger partial charge in [0.05, 0.1) is 19.2 Å². The van der Waals surface area contributed by atoms with Gasteiger partial charge in [0.2, 0.25) is 0 Å². The molecular weight excluding hydrogens is 301 g/mol. The Kier molecular flexibility index (Phi) is 5.90. The Bertz CT molecular complexity index is 580. The average Bonchev–Trinajstić information content (AvgIpc) is 2.50. The van der Waals surface area contributed by atoms with Gasteiger partial charge in [-0.25, -0.2) is 9.79 Å². The predicted octanol–water partition coefficient (Wildman–Crippen LogP) is 1.80. The fraction of sp³-hybridized carbons (Fsp3) is 0.308. The van der Waals surface area contributed by atoms with E-state index in [2.05, 4.69) is 20.0 Å². The fourth-order valence-electron chi connectivity index (χ4n) is 1.43. The van der Waals surface area contributed by atoms with Crippen LogP contribution in [0.3, 0.4) is 0 Å². The molecule has 0 radical (unpaired) electrons. The maximum absolute atomic E-state index is 12.5. The number of ether oxygens (including phenoxy) is 1. The Morgan fingerprint density at radius 1 is 1.32 bits per heavy atom. The van der Waals surface area contributed by atoms with Gasteiger partial charge in [-0.2, -0.15) is 13.2 Å². The molecule has 1 amide bonds. The molecule has 1 aromatic rings. The number of nitrogens with one attached hydrogen (secondary N) is 1. The highest BCUT2D eigenvalue weighted by Crippen LogP contribution is 2.28. The van der Waals surface area contributed by atoms with Gasteiger partial charge in [-0.3, -0.25) is 4.99 Å². The highest BCUT2D eigenvalue weighted by Gasteiger charge is 2.30. The molecule has 0 heterocycles. The number of carbonyl (C=O) groups is 1. The Labute approximate surface area is 124 Å². The van der Waals surface area contributed by atoms with E-state index >= 15 is 0 Å². The largest absolute Gasteiger partial charge is 0.453 e. The summed E-state index contributed by atoms with van der Waals surface area (Å²) in [5.74, 6) is 0.184. The van der Waals surface area contributed by atoms with Gasteiger partial charge in [0, 0.05) is 12.6 Å².